The van der Waals surface area contributed by atoms with E-state index in [4.69, 9.17) is 31.2 Å². The predicted molar refractivity (Wildman–Crippen MR) is 177 cm³/mol. The average Bonchev–Trinajstić information content (AvgIpc) is 2.93. The highest BCUT2D eigenvalue weighted by Crippen LogP contribution is 2.32. The molecule has 244 valence electrons. The van der Waals surface area contributed by atoms with Crippen LogP contribution in [0.5, 0.6) is 5.75 Å². The number of amidine groups is 1. The summed E-state index contributed by atoms with van der Waals surface area (Å²) in [4.78, 5) is 26.0. The number of likely N-dealkylation sites (tertiary alicyclic amines) is 1. The highest BCUT2D eigenvalue weighted by Gasteiger charge is 2.27. The Kier molecular flexibility index (Phi) is 16.6. The smallest absolute Gasteiger partial charge is 0.412 e. The van der Waals surface area contributed by atoms with Gasteiger partial charge in [0.2, 0.25) is 10.0 Å². The van der Waals surface area contributed by atoms with Crippen molar-refractivity contribution in [2.75, 3.05) is 50.0 Å². The van der Waals surface area contributed by atoms with Crippen LogP contribution in [0.2, 0.25) is 5.02 Å². The number of nitrogens with zero attached hydrogens (tertiary/aromatic N) is 2. The van der Waals surface area contributed by atoms with Crippen molar-refractivity contribution in [3.63, 3.8) is 0 Å². The maximum Gasteiger partial charge on any atom is 0.412 e. The third-order valence-corrected chi connectivity index (χ3v) is 8.29. The molecule has 0 saturated carbocycles. The lowest BCUT2D eigenvalue weighted by Gasteiger charge is -2.30. The Bertz CT molecular complexity index is 1400. The van der Waals surface area contributed by atoms with Gasteiger partial charge in [-0.25, -0.2) is 13.2 Å². The van der Waals surface area contributed by atoms with Crippen LogP contribution >= 0.6 is 36.4 Å². The number of anilines is 1. The van der Waals surface area contributed by atoms with Crippen molar-refractivity contribution in [3.05, 3.63) is 64.7 Å². The molecule has 0 bridgehead atoms. The van der Waals surface area contributed by atoms with E-state index in [0.29, 0.717) is 16.9 Å². The van der Waals surface area contributed by atoms with Gasteiger partial charge in [-0.1, -0.05) is 42.0 Å². The fourth-order valence-corrected chi connectivity index (χ4v) is 5.76. The summed E-state index contributed by atoms with van der Waals surface area (Å²) in [6.45, 7) is 5.21. The number of sulfonamides is 1. The molecule has 0 aromatic heterocycles. The van der Waals surface area contributed by atoms with Gasteiger partial charge in [0.1, 0.15) is 17.7 Å². The van der Waals surface area contributed by atoms with Gasteiger partial charge in [-0.3, -0.25) is 19.8 Å². The van der Waals surface area contributed by atoms with Crippen molar-refractivity contribution in [1.29, 1.82) is 5.41 Å². The first-order valence-corrected chi connectivity index (χ1v) is 15.6. The molecule has 1 amide bonds. The summed E-state index contributed by atoms with van der Waals surface area (Å²) < 4.78 is 43.5. The number of carbonyl (C=O) groups excluding carboxylic acids is 2. The standard InChI is InChI=1S/C29H37ClN4O7S.2ClH/c1-4-39-27(35)20-42(37,38)34(23-11-12-26(25(30)19-23)41-24-13-16-33(3)17-14-24)15-7-9-21-8-6-10-22(18-21)28(31)32-29(36)40-5-2;;/h6-12,18-19,24H,4-5,13-17,20H2,1-3H3,(H2,31,32,36);2*1H/b9-7+;;. The lowest BCUT2D eigenvalue weighted by Crippen LogP contribution is -2.36. The fourth-order valence-electron chi connectivity index (χ4n) is 4.26. The Labute approximate surface area is 276 Å². The fraction of sp³-hybridized carbons (Fsp3) is 0.414. The third-order valence-electron chi connectivity index (χ3n) is 6.36. The van der Waals surface area contributed by atoms with Crippen molar-refractivity contribution >= 4 is 76.1 Å². The second kappa shape index (κ2) is 18.7. The molecule has 3 rings (SSSR count). The summed E-state index contributed by atoms with van der Waals surface area (Å²) in [5.74, 6) is -1.38. The lowest BCUT2D eigenvalue weighted by molar-refractivity contribution is -0.139. The van der Waals surface area contributed by atoms with Crippen LogP contribution in [0.3, 0.4) is 0 Å². The van der Waals surface area contributed by atoms with E-state index >= 15 is 0 Å². The number of hydrogen-bond donors (Lipinski definition) is 2. The number of nitrogens with one attached hydrogen (secondary N) is 2. The van der Waals surface area contributed by atoms with Crippen molar-refractivity contribution < 1.29 is 32.2 Å². The molecular formula is C29H39Cl3N4O7S. The maximum absolute atomic E-state index is 13.3. The van der Waals surface area contributed by atoms with E-state index in [-0.39, 0.29) is 67.2 Å². The van der Waals surface area contributed by atoms with E-state index in [1.165, 1.54) is 6.07 Å². The van der Waals surface area contributed by atoms with Gasteiger partial charge in [-0.2, -0.15) is 0 Å². The van der Waals surface area contributed by atoms with Crippen LogP contribution in [-0.2, 0) is 24.3 Å². The Morgan fingerprint density at radius 2 is 1.77 bits per heavy atom. The van der Waals surface area contributed by atoms with Crippen LogP contribution < -0.4 is 14.4 Å². The molecule has 44 heavy (non-hydrogen) atoms. The molecule has 15 heteroatoms. The highest BCUT2D eigenvalue weighted by atomic mass is 35.5. The van der Waals surface area contributed by atoms with E-state index in [1.54, 1.807) is 62.4 Å². The molecule has 1 saturated heterocycles. The second-order valence-electron chi connectivity index (χ2n) is 9.58. The molecule has 1 heterocycles. The monoisotopic (exact) mass is 692 g/mol. The highest BCUT2D eigenvalue weighted by molar-refractivity contribution is 7.93. The SMILES string of the molecule is CCOC(=O)CS(=O)(=O)N(C/C=C/c1cccc(C(=N)NC(=O)OCC)c1)c1ccc(OC2CCN(C)CC2)c(Cl)c1.Cl.Cl. The molecule has 0 spiro atoms. The Balaban J connectivity index is 0.00000484. The molecule has 0 atom stereocenters. The lowest BCUT2D eigenvalue weighted by atomic mass is 10.1. The molecular weight excluding hydrogens is 655 g/mol. The van der Waals surface area contributed by atoms with Gasteiger partial charge in [-0.05, 0) is 63.6 Å². The topological polar surface area (TPSA) is 138 Å². The van der Waals surface area contributed by atoms with Gasteiger partial charge >= 0.3 is 12.1 Å². The van der Waals surface area contributed by atoms with Crippen LogP contribution in [-0.4, -0.2) is 83.0 Å². The largest absolute Gasteiger partial charge is 0.489 e. The van der Waals surface area contributed by atoms with Crippen LogP contribution in [0.15, 0.2) is 48.5 Å². The Morgan fingerprint density at radius 1 is 1.09 bits per heavy atom. The minimum atomic E-state index is -4.15. The summed E-state index contributed by atoms with van der Waals surface area (Å²) >= 11 is 6.53. The van der Waals surface area contributed by atoms with E-state index in [1.807, 2.05) is 0 Å². The zero-order valence-electron chi connectivity index (χ0n) is 24.8. The number of hydrogen-bond acceptors (Lipinski definition) is 9. The molecule has 0 unspecified atom stereocenters. The molecule has 1 aliphatic rings. The normalized spacial score (nSPS) is 13.7. The van der Waals surface area contributed by atoms with Crippen molar-refractivity contribution in [2.24, 2.45) is 0 Å². The summed E-state index contributed by atoms with van der Waals surface area (Å²) in [6, 6.07) is 11.5. The summed E-state index contributed by atoms with van der Waals surface area (Å²) in [5, 5.41) is 10.7. The minimum Gasteiger partial charge on any atom is -0.489 e. The molecule has 1 aliphatic heterocycles. The molecule has 0 radical (unpaired) electrons. The van der Waals surface area contributed by atoms with E-state index < -0.39 is 27.8 Å². The van der Waals surface area contributed by atoms with Crippen molar-refractivity contribution in [2.45, 2.75) is 32.8 Å². The molecule has 0 aliphatic carbocycles. The number of halogens is 3. The molecule has 1 fully saturated rings. The third kappa shape index (κ3) is 11.8. The van der Waals surface area contributed by atoms with E-state index in [9.17, 15) is 18.0 Å². The minimum absolute atomic E-state index is 0. The number of amides is 1. The molecule has 2 aromatic carbocycles. The van der Waals surface area contributed by atoms with Crippen LogP contribution in [0, 0.1) is 5.41 Å². The Hall–Kier alpha value is -3.03. The zero-order valence-corrected chi connectivity index (χ0v) is 28.0. The van der Waals surface area contributed by atoms with Gasteiger partial charge in [0.25, 0.3) is 0 Å². The number of alkyl carbamates (subject to hydrolysis) is 1. The van der Waals surface area contributed by atoms with Crippen LogP contribution in [0.25, 0.3) is 6.08 Å². The number of benzene rings is 2. The maximum atomic E-state index is 13.3. The number of rotatable bonds is 12. The van der Waals surface area contributed by atoms with Gasteiger partial charge in [-0.15, -0.1) is 24.8 Å². The first-order chi connectivity index (χ1) is 20.0. The van der Waals surface area contributed by atoms with Gasteiger partial charge in [0.05, 0.1) is 30.5 Å². The molecule has 2 N–H and O–H groups in total. The summed E-state index contributed by atoms with van der Waals surface area (Å²) in [7, 11) is -2.09. The summed E-state index contributed by atoms with van der Waals surface area (Å²) in [5.41, 5.74) is 1.35. The number of piperidine rings is 1. The van der Waals surface area contributed by atoms with E-state index in [2.05, 4.69) is 17.3 Å². The first-order valence-electron chi connectivity index (χ1n) is 13.6. The van der Waals surface area contributed by atoms with Crippen molar-refractivity contribution in [1.82, 2.24) is 10.2 Å². The van der Waals surface area contributed by atoms with Gasteiger partial charge in [0, 0.05) is 18.7 Å². The van der Waals surface area contributed by atoms with Gasteiger partial charge in [0.15, 0.2) is 5.75 Å². The van der Waals surface area contributed by atoms with Gasteiger partial charge < -0.3 is 19.1 Å². The second-order valence-corrected chi connectivity index (χ2v) is 11.9. The zero-order chi connectivity index (χ0) is 30.7. The number of carbonyl (C=O) groups is 2. The number of esters is 1. The quantitative estimate of drug-likeness (QED) is 0.177. The molecule has 2 aromatic rings. The number of ether oxygens (including phenoxy) is 3. The predicted octanol–water partition coefficient (Wildman–Crippen LogP) is 5.14. The summed E-state index contributed by atoms with van der Waals surface area (Å²) in [6.07, 6.45) is 4.29. The Morgan fingerprint density at radius 3 is 2.41 bits per heavy atom. The molecule has 11 nitrogen and oxygen atoms in total. The van der Waals surface area contributed by atoms with Crippen molar-refractivity contribution in [3.8, 4) is 5.75 Å². The average molecular weight is 694 g/mol. The van der Waals surface area contributed by atoms with Crippen LogP contribution in [0.1, 0.15) is 37.8 Å². The van der Waals surface area contributed by atoms with E-state index in [0.717, 1.165) is 30.2 Å². The van der Waals surface area contributed by atoms with Crippen LogP contribution in [0.4, 0.5) is 10.5 Å². The first kappa shape index (κ1) is 39.0.